The van der Waals surface area contributed by atoms with E-state index < -0.39 is 9.84 Å². The van der Waals surface area contributed by atoms with Gasteiger partial charge in [0.25, 0.3) is 0 Å². The van der Waals surface area contributed by atoms with Crippen molar-refractivity contribution >= 4 is 27.3 Å². The Labute approximate surface area is 108 Å². The maximum Gasteiger partial charge on any atom is 0.177 e. The lowest BCUT2D eigenvalue weighted by molar-refractivity contribution is 0.602. The Hall–Kier alpha value is -0.680. The van der Waals surface area contributed by atoms with Crippen LogP contribution < -0.4 is 5.73 Å². The van der Waals surface area contributed by atoms with Crippen molar-refractivity contribution in [3.63, 3.8) is 0 Å². The zero-order valence-corrected chi connectivity index (χ0v) is 11.9. The van der Waals surface area contributed by atoms with Gasteiger partial charge in [0.05, 0.1) is 10.6 Å². The number of hydrogen-bond donors (Lipinski definition) is 1. The number of thioether (sulfide) groups is 1. The zero-order chi connectivity index (χ0) is 12.9. The lowest BCUT2D eigenvalue weighted by atomic mass is 10.3. The molecule has 0 aliphatic heterocycles. The van der Waals surface area contributed by atoms with Crippen molar-refractivity contribution in [3.05, 3.63) is 18.2 Å². The summed E-state index contributed by atoms with van der Waals surface area (Å²) in [5, 5.41) is 0. The van der Waals surface area contributed by atoms with E-state index in [2.05, 4.69) is 6.92 Å². The van der Waals surface area contributed by atoms with Crippen LogP contribution in [-0.2, 0) is 9.84 Å². The quantitative estimate of drug-likeness (QED) is 0.492. The predicted octanol–water partition coefficient (Wildman–Crippen LogP) is 2.95. The maximum absolute atomic E-state index is 11.5. The zero-order valence-electron chi connectivity index (χ0n) is 10.3. The van der Waals surface area contributed by atoms with Crippen molar-refractivity contribution in [1.29, 1.82) is 0 Å². The number of para-hydroxylation sites is 1. The van der Waals surface area contributed by atoms with Crippen molar-refractivity contribution in [3.8, 4) is 0 Å². The van der Waals surface area contributed by atoms with Crippen LogP contribution in [0.3, 0.4) is 0 Å². The van der Waals surface area contributed by atoms with Gasteiger partial charge in [0.2, 0.25) is 0 Å². The van der Waals surface area contributed by atoms with Crippen molar-refractivity contribution in [2.75, 3.05) is 17.7 Å². The van der Waals surface area contributed by atoms with Gasteiger partial charge in [-0.2, -0.15) is 0 Å². The minimum atomic E-state index is -3.23. The molecule has 0 aliphatic carbocycles. The third-order valence-corrected chi connectivity index (χ3v) is 4.75. The Morgan fingerprint density at radius 1 is 1.29 bits per heavy atom. The van der Waals surface area contributed by atoms with Gasteiger partial charge in [-0.3, -0.25) is 0 Å². The minimum absolute atomic E-state index is 0.234. The van der Waals surface area contributed by atoms with E-state index in [-0.39, 0.29) is 4.90 Å². The molecule has 1 aromatic rings. The van der Waals surface area contributed by atoms with Gasteiger partial charge in [-0.25, -0.2) is 8.42 Å². The van der Waals surface area contributed by atoms with Crippen molar-refractivity contribution < 1.29 is 8.42 Å². The fourth-order valence-electron chi connectivity index (χ4n) is 1.51. The third-order valence-electron chi connectivity index (χ3n) is 2.43. The fraction of sp³-hybridized carbons (Fsp3) is 0.500. The summed E-state index contributed by atoms with van der Waals surface area (Å²) in [4.78, 5) is 1.10. The number of anilines is 1. The fourth-order valence-corrected chi connectivity index (χ4v) is 3.42. The largest absolute Gasteiger partial charge is 0.397 e. The van der Waals surface area contributed by atoms with E-state index in [1.165, 1.54) is 19.1 Å². The van der Waals surface area contributed by atoms with E-state index in [4.69, 9.17) is 5.73 Å². The predicted molar refractivity (Wildman–Crippen MR) is 74.2 cm³/mol. The lowest BCUT2D eigenvalue weighted by Gasteiger charge is -2.09. The molecule has 3 nitrogen and oxygen atoms in total. The van der Waals surface area contributed by atoms with Crippen LogP contribution in [-0.4, -0.2) is 20.4 Å². The summed E-state index contributed by atoms with van der Waals surface area (Å²) in [6.07, 6.45) is 4.69. The Morgan fingerprint density at radius 3 is 2.59 bits per heavy atom. The molecule has 0 aromatic heterocycles. The first-order valence-electron chi connectivity index (χ1n) is 5.68. The second-order valence-corrected chi connectivity index (χ2v) is 7.12. The molecule has 2 N–H and O–H groups in total. The molecule has 0 saturated heterocycles. The number of nitrogen functional groups attached to an aromatic ring is 1. The lowest BCUT2D eigenvalue weighted by Crippen LogP contribution is -2.03. The Balaban J connectivity index is 2.81. The standard InChI is InChI=1S/C12H19NO2S2/c1-3-4-5-9-16-10-7-6-8-11(12(10)13)17(2,14)15/h6-8H,3-5,9,13H2,1-2H3. The topological polar surface area (TPSA) is 60.2 Å². The molecule has 0 spiro atoms. The van der Waals surface area contributed by atoms with E-state index in [1.807, 2.05) is 6.07 Å². The van der Waals surface area contributed by atoms with Crippen molar-refractivity contribution in [1.82, 2.24) is 0 Å². The summed E-state index contributed by atoms with van der Waals surface area (Å²) in [6.45, 7) is 2.16. The maximum atomic E-state index is 11.5. The Morgan fingerprint density at radius 2 is 2.00 bits per heavy atom. The molecule has 0 heterocycles. The molecule has 96 valence electrons. The van der Waals surface area contributed by atoms with E-state index in [0.717, 1.165) is 17.1 Å². The number of hydrogen-bond acceptors (Lipinski definition) is 4. The number of unbranched alkanes of at least 4 members (excludes halogenated alkanes) is 2. The normalized spacial score (nSPS) is 11.6. The van der Waals surface area contributed by atoms with E-state index in [1.54, 1.807) is 23.9 Å². The smallest absolute Gasteiger partial charge is 0.177 e. The van der Waals surface area contributed by atoms with Gasteiger partial charge in [-0.1, -0.05) is 25.8 Å². The molecule has 0 amide bonds. The van der Waals surface area contributed by atoms with Crippen LogP contribution in [0, 0.1) is 0 Å². The van der Waals surface area contributed by atoms with Crippen LogP contribution in [0.2, 0.25) is 0 Å². The molecule has 1 rings (SSSR count). The van der Waals surface area contributed by atoms with Crippen LogP contribution in [0.25, 0.3) is 0 Å². The van der Waals surface area contributed by atoms with E-state index in [9.17, 15) is 8.42 Å². The SMILES string of the molecule is CCCCCSc1cccc(S(C)(=O)=O)c1N. The van der Waals surface area contributed by atoms with Crippen LogP contribution in [0.15, 0.2) is 28.0 Å². The van der Waals surface area contributed by atoms with Crippen molar-refractivity contribution in [2.45, 2.75) is 36.0 Å². The summed E-state index contributed by atoms with van der Waals surface area (Å²) in [7, 11) is -3.23. The first kappa shape index (κ1) is 14.4. The molecule has 0 bridgehead atoms. The second kappa shape index (κ2) is 6.31. The van der Waals surface area contributed by atoms with Gasteiger partial charge < -0.3 is 5.73 Å². The molecule has 0 atom stereocenters. The molecule has 0 saturated carbocycles. The van der Waals surface area contributed by atoms with Gasteiger partial charge >= 0.3 is 0 Å². The highest BCUT2D eigenvalue weighted by molar-refractivity contribution is 7.99. The summed E-state index contributed by atoms with van der Waals surface area (Å²) in [5.74, 6) is 0.977. The summed E-state index contributed by atoms with van der Waals surface area (Å²) < 4.78 is 23.0. The summed E-state index contributed by atoms with van der Waals surface area (Å²) in [5.41, 5.74) is 6.27. The van der Waals surface area contributed by atoms with Gasteiger partial charge in [0, 0.05) is 11.2 Å². The first-order chi connectivity index (χ1) is 7.96. The number of rotatable bonds is 6. The molecule has 0 fully saturated rings. The molecular weight excluding hydrogens is 254 g/mol. The number of sulfone groups is 1. The summed E-state index contributed by atoms with van der Waals surface area (Å²) in [6, 6.07) is 5.18. The monoisotopic (exact) mass is 273 g/mol. The highest BCUT2D eigenvalue weighted by atomic mass is 32.2. The van der Waals surface area contributed by atoms with Crippen LogP contribution in [0.5, 0.6) is 0 Å². The van der Waals surface area contributed by atoms with Crippen LogP contribution >= 0.6 is 11.8 Å². The van der Waals surface area contributed by atoms with Gasteiger partial charge in [0.1, 0.15) is 0 Å². The van der Waals surface area contributed by atoms with Crippen LogP contribution in [0.4, 0.5) is 5.69 Å². The summed E-state index contributed by atoms with van der Waals surface area (Å²) >= 11 is 1.63. The Bertz CT molecular complexity index is 469. The first-order valence-corrected chi connectivity index (χ1v) is 8.56. The molecule has 1 aromatic carbocycles. The van der Waals surface area contributed by atoms with Crippen LogP contribution in [0.1, 0.15) is 26.2 Å². The highest BCUT2D eigenvalue weighted by Crippen LogP contribution is 2.30. The average Bonchev–Trinajstić information content (AvgIpc) is 2.25. The molecule has 0 radical (unpaired) electrons. The Kier molecular flexibility index (Phi) is 5.33. The van der Waals surface area contributed by atoms with Crippen molar-refractivity contribution in [2.24, 2.45) is 0 Å². The van der Waals surface area contributed by atoms with Gasteiger partial charge in [-0.05, 0) is 24.3 Å². The highest BCUT2D eigenvalue weighted by Gasteiger charge is 2.13. The molecule has 0 unspecified atom stereocenters. The number of benzene rings is 1. The third kappa shape index (κ3) is 4.24. The van der Waals surface area contributed by atoms with Gasteiger partial charge in [-0.15, -0.1) is 11.8 Å². The minimum Gasteiger partial charge on any atom is -0.397 e. The van der Waals surface area contributed by atoms with E-state index >= 15 is 0 Å². The molecule has 17 heavy (non-hydrogen) atoms. The average molecular weight is 273 g/mol. The number of nitrogens with two attached hydrogens (primary N) is 1. The molecule has 5 heteroatoms. The molecule has 0 aliphatic rings. The molecular formula is C12H19NO2S2. The van der Waals surface area contributed by atoms with E-state index in [0.29, 0.717) is 5.69 Å². The second-order valence-electron chi connectivity index (χ2n) is 4.00. The van der Waals surface area contributed by atoms with Gasteiger partial charge in [0.15, 0.2) is 9.84 Å².